The molecule has 1 aliphatic heterocycles. The van der Waals surface area contributed by atoms with Crippen LogP contribution < -0.4 is 5.32 Å². The molecule has 0 bridgehead atoms. The zero-order valence-electron chi connectivity index (χ0n) is 13.5. The van der Waals surface area contributed by atoms with Crippen LogP contribution >= 0.6 is 0 Å². The maximum absolute atomic E-state index is 3.89. The van der Waals surface area contributed by atoms with Crippen molar-refractivity contribution in [3.8, 4) is 0 Å². The number of rotatable bonds is 3. The Morgan fingerprint density at radius 1 is 1.10 bits per heavy atom. The highest BCUT2D eigenvalue weighted by Crippen LogP contribution is 2.30. The maximum Gasteiger partial charge on any atom is 0.0308 e. The summed E-state index contributed by atoms with van der Waals surface area (Å²) < 4.78 is 0. The molecule has 1 saturated carbocycles. The largest absolute Gasteiger partial charge is 0.310 e. The van der Waals surface area contributed by atoms with E-state index < -0.39 is 0 Å². The Morgan fingerprint density at radius 2 is 1.90 bits per heavy atom. The summed E-state index contributed by atoms with van der Waals surface area (Å²) in [4.78, 5) is 2.72. The van der Waals surface area contributed by atoms with Crippen molar-refractivity contribution in [3.05, 3.63) is 35.4 Å². The summed E-state index contributed by atoms with van der Waals surface area (Å²) in [5.74, 6) is 0. The van der Waals surface area contributed by atoms with E-state index >= 15 is 0 Å². The zero-order valence-corrected chi connectivity index (χ0v) is 13.5. The van der Waals surface area contributed by atoms with Gasteiger partial charge in [0.1, 0.15) is 0 Å². The predicted molar refractivity (Wildman–Crippen MR) is 89.8 cm³/mol. The van der Waals surface area contributed by atoms with E-state index in [1.54, 1.807) is 0 Å². The Labute approximate surface area is 129 Å². The quantitative estimate of drug-likeness (QED) is 0.914. The fraction of sp³-hybridized carbons (Fsp3) is 0.684. The van der Waals surface area contributed by atoms with Crippen LogP contribution in [0.25, 0.3) is 0 Å². The van der Waals surface area contributed by atoms with Crippen LogP contribution in [0, 0.1) is 6.92 Å². The molecular formula is C19H30N2. The highest BCUT2D eigenvalue weighted by atomic mass is 15.2. The van der Waals surface area contributed by atoms with Crippen molar-refractivity contribution < 1.29 is 0 Å². The molecule has 2 fully saturated rings. The lowest BCUT2D eigenvalue weighted by molar-refractivity contribution is 0.165. The van der Waals surface area contributed by atoms with Crippen molar-refractivity contribution in [2.75, 3.05) is 26.2 Å². The maximum atomic E-state index is 3.89. The first kappa shape index (κ1) is 15.1. The van der Waals surface area contributed by atoms with E-state index in [1.165, 1.54) is 82.3 Å². The summed E-state index contributed by atoms with van der Waals surface area (Å²) in [5, 5.41) is 3.89. The Kier molecular flexibility index (Phi) is 4.97. The molecule has 0 unspecified atom stereocenters. The lowest BCUT2D eigenvalue weighted by Crippen LogP contribution is -2.52. The van der Waals surface area contributed by atoms with Gasteiger partial charge in [-0.2, -0.15) is 0 Å². The molecule has 3 rings (SSSR count). The monoisotopic (exact) mass is 286 g/mol. The fourth-order valence-electron chi connectivity index (χ4n) is 4.14. The molecule has 1 N–H and O–H groups in total. The van der Waals surface area contributed by atoms with E-state index in [9.17, 15) is 0 Å². The molecule has 1 saturated heterocycles. The molecule has 1 heterocycles. The standard InChI is InChI=1S/C19H30N2/c1-17-8-3-4-9-18(17)10-15-21-14-7-13-20-19(16-21)11-5-2-6-12-19/h3-4,8-9,20H,2,5-7,10-16H2,1H3. The van der Waals surface area contributed by atoms with Gasteiger partial charge in [-0.25, -0.2) is 0 Å². The summed E-state index contributed by atoms with van der Waals surface area (Å²) in [5.41, 5.74) is 3.39. The number of hydrogen-bond acceptors (Lipinski definition) is 2. The Balaban J connectivity index is 1.60. The predicted octanol–water partition coefficient (Wildman–Crippen LogP) is 3.54. The molecule has 2 aliphatic rings. The average molecular weight is 286 g/mol. The molecule has 2 nitrogen and oxygen atoms in total. The molecule has 21 heavy (non-hydrogen) atoms. The van der Waals surface area contributed by atoms with Gasteiger partial charge in [-0.15, -0.1) is 0 Å². The summed E-state index contributed by atoms with van der Waals surface area (Å²) in [7, 11) is 0. The van der Waals surface area contributed by atoms with E-state index in [0.717, 1.165) is 0 Å². The lowest BCUT2D eigenvalue weighted by atomic mass is 9.81. The van der Waals surface area contributed by atoms with Gasteiger partial charge in [-0.05, 0) is 56.8 Å². The Hall–Kier alpha value is -0.860. The normalized spacial score (nSPS) is 23.1. The molecule has 1 aromatic rings. The third-order valence-electron chi connectivity index (χ3n) is 5.45. The van der Waals surface area contributed by atoms with Crippen LogP contribution in [0.5, 0.6) is 0 Å². The van der Waals surface area contributed by atoms with Crippen LogP contribution in [0.2, 0.25) is 0 Å². The molecule has 2 heteroatoms. The second kappa shape index (κ2) is 6.93. The van der Waals surface area contributed by atoms with Crippen molar-refractivity contribution >= 4 is 0 Å². The van der Waals surface area contributed by atoms with E-state index in [0.29, 0.717) is 5.54 Å². The summed E-state index contributed by atoms with van der Waals surface area (Å²) in [6.07, 6.45) is 9.53. The highest BCUT2D eigenvalue weighted by molar-refractivity contribution is 5.25. The highest BCUT2D eigenvalue weighted by Gasteiger charge is 2.34. The van der Waals surface area contributed by atoms with Crippen LogP contribution in [0.3, 0.4) is 0 Å². The number of nitrogens with zero attached hydrogens (tertiary/aromatic N) is 1. The average Bonchev–Trinajstić information content (AvgIpc) is 2.70. The van der Waals surface area contributed by atoms with Gasteiger partial charge in [0.15, 0.2) is 0 Å². The summed E-state index contributed by atoms with van der Waals surface area (Å²) in [6, 6.07) is 8.85. The number of nitrogens with one attached hydrogen (secondary N) is 1. The lowest BCUT2D eigenvalue weighted by Gasteiger charge is -2.40. The third kappa shape index (κ3) is 3.87. The minimum absolute atomic E-state index is 0.431. The zero-order chi connectivity index (χ0) is 14.5. The summed E-state index contributed by atoms with van der Waals surface area (Å²) >= 11 is 0. The first-order chi connectivity index (χ1) is 10.3. The number of benzene rings is 1. The Morgan fingerprint density at radius 3 is 2.71 bits per heavy atom. The first-order valence-corrected chi connectivity index (χ1v) is 8.79. The van der Waals surface area contributed by atoms with Gasteiger partial charge >= 0.3 is 0 Å². The van der Waals surface area contributed by atoms with E-state index in [-0.39, 0.29) is 0 Å². The number of hydrogen-bond donors (Lipinski definition) is 1. The number of aryl methyl sites for hydroxylation is 1. The van der Waals surface area contributed by atoms with Crippen molar-refractivity contribution in [1.82, 2.24) is 10.2 Å². The van der Waals surface area contributed by atoms with Crippen molar-refractivity contribution in [3.63, 3.8) is 0 Å². The van der Waals surface area contributed by atoms with Crippen LogP contribution in [0.1, 0.15) is 49.7 Å². The van der Waals surface area contributed by atoms with Gasteiger partial charge < -0.3 is 10.2 Å². The SMILES string of the molecule is Cc1ccccc1CCN1CCCNC2(CCCCC2)C1. The van der Waals surface area contributed by atoms with Gasteiger partial charge in [-0.3, -0.25) is 0 Å². The molecule has 0 aromatic heterocycles. The molecular weight excluding hydrogens is 256 g/mol. The molecule has 0 atom stereocenters. The smallest absolute Gasteiger partial charge is 0.0308 e. The van der Waals surface area contributed by atoms with Crippen molar-refractivity contribution in [1.29, 1.82) is 0 Å². The molecule has 1 aliphatic carbocycles. The van der Waals surface area contributed by atoms with E-state index in [4.69, 9.17) is 0 Å². The van der Waals surface area contributed by atoms with Crippen molar-refractivity contribution in [2.24, 2.45) is 0 Å². The minimum Gasteiger partial charge on any atom is -0.310 e. The van der Waals surface area contributed by atoms with E-state index in [1.807, 2.05) is 0 Å². The molecule has 116 valence electrons. The second-order valence-electron chi connectivity index (χ2n) is 7.07. The van der Waals surface area contributed by atoms with Crippen LogP contribution in [-0.4, -0.2) is 36.6 Å². The van der Waals surface area contributed by atoms with Crippen LogP contribution in [0.4, 0.5) is 0 Å². The van der Waals surface area contributed by atoms with Gasteiger partial charge in [0.25, 0.3) is 0 Å². The molecule has 0 radical (unpaired) electrons. The van der Waals surface area contributed by atoms with Gasteiger partial charge in [0.2, 0.25) is 0 Å². The van der Waals surface area contributed by atoms with E-state index in [2.05, 4.69) is 41.4 Å². The second-order valence-corrected chi connectivity index (χ2v) is 7.07. The van der Waals surface area contributed by atoms with Crippen LogP contribution in [0.15, 0.2) is 24.3 Å². The minimum atomic E-state index is 0.431. The molecule has 1 aromatic carbocycles. The molecule has 1 spiro atoms. The van der Waals surface area contributed by atoms with Crippen LogP contribution in [-0.2, 0) is 6.42 Å². The van der Waals surface area contributed by atoms with Gasteiger partial charge in [-0.1, -0.05) is 43.5 Å². The Bertz CT molecular complexity index is 449. The summed E-state index contributed by atoms with van der Waals surface area (Å²) in [6.45, 7) is 7.19. The third-order valence-corrected chi connectivity index (χ3v) is 5.45. The van der Waals surface area contributed by atoms with Gasteiger partial charge in [0, 0.05) is 18.6 Å². The fourth-order valence-corrected chi connectivity index (χ4v) is 4.14. The topological polar surface area (TPSA) is 15.3 Å². The molecule has 0 amide bonds. The van der Waals surface area contributed by atoms with Crippen molar-refractivity contribution in [2.45, 2.75) is 57.4 Å². The first-order valence-electron chi connectivity index (χ1n) is 8.79. The van der Waals surface area contributed by atoms with Gasteiger partial charge in [0.05, 0.1) is 0 Å².